The third-order valence-electron chi connectivity index (χ3n) is 3.77. The zero-order valence-electron chi connectivity index (χ0n) is 13.9. The average Bonchev–Trinajstić information content (AvgIpc) is 2.57. The number of halogens is 1. The summed E-state index contributed by atoms with van der Waals surface area (Å²) in [5, 5.41) is 7.99. The van der Waals surface area contributed by atoms with Crippen molar-refractivity contribution in [3.05, 3.63) is 63.9 Å². The summed E-state index contributed by atoms with van der Waals surface area (Å²) >= 11 is 6.04. The summed E-state index contributed by atoms with van der Waals surface area (Å²) in [6.07, 6.45) is 1.22. The van der Waals surface area contributed by atoms with Gasteiger partial charge in [0.15, 0.2) is 0 Å². The van der Waals surface area contributed by atoms with Crippen molar-refractivity contribution in [2.45, 2.75) is 6.54 Å². The topological polar surface area (TPSA) is 67.2 Å². The molecule has 0 fully saturated rings. The van der Waals surface area contributed by atoms with Crippen molar-refractivity contribution in [2.24, 2.45) is 0 Å². The number of rotatable bonds is 4. The molecule has 0 aliphatic rings. The molecule has 0 aliphatic heterocycles. The Labute approximate surface area is 149 Å². The van der Waals surface area contributed by atoms with E-state index < -0.39 is 0 Å². The maximum Gasteiger partial charge on any atom is 0.246 e. The van der Waals surface area contributed by atoms with E-state index in [1.807, 2.05) is 25.1 Å². The first kappa shape index (κ1) is 17.0. The van der Waals surface area contributed by atoms with E-state index in [2.05, 4.69) is 10.4 Å². The largest absolute Gasteiger partial charge is 0.376 e. The van der Waals surface area contributed by atoms with E-state index in [1.54, 1.807) is 36.4 Å². The zero-order valence-corrected chi connectivity index (χ0v) is 14.6. The molecule has 6 nitrogen and oxygen atoms in total. The van der Waals surface area contributed by atoms with Gasteiger partial charge in [-0.25, -0.2) is 0 Å². The van der Waals surface area contributed by atoms with Gasteiger partial charge in [0.2, 0.25) is 11.3 Å². The number of nitrogens with zero attached hydrogens (tertiary/aromatic N) is 3. The molecule has 0 unspecified atom stereocenters. The second-order valence-corrected chi connectivity index (χ2v) is 6.22. The van der Waals surface area contributed by atoms with Crippen LogP contribution in [0.25, 0.3) is 10.9 Å². The molecule has 1 heterocycles. The predicted octanol–water partition coefficient (Wildman–Crippen LogP) is 2.75. The molecule has 128 valence electrons. The number of hydrogen-bond donors (Lipinski definition) is 1. The highest BCUT2D eigenvalue weighted by Gasteiger charge is 2.12. The van der Waals surface area contributed by atoms with E-state index in [0.29, 0.717) is 21.6 Å². The predicted molar refractivity (Wildman–Crippen MR) is 100 cm³/mol. The van der Waals surface area contributed by atoms with Gasteiger partial charge >= 0.3 is 0 Å². The van der Waals surface area contributed by atoms with Crippen LogP contribution in [0.5, 0.6) is 0 Å². The smallest absolute Gasteiger partial charge is 0.246 e. The highest BCUT2D eigenvalue weighted by atomic mass is 35.5. The number of anilines is 2. The van der Waals surface area contributed by atoms with Gasteiger partial charge in [-0.2, -0.15) is 5.10 Å². The Morgan fingerprint density at radius 2 is 2.00 bits per heavy atom. The number of aromatic nitrogens is 2. The van der Waals surface area contributed by atoms with E-state index >= 15 is 0 Å². The summed E-state index contributed by atoms with van der Waals surface area (Å²) in [4.78, 5) is 26.2. The number of hydrogen-bond acceptors (Lipinski definition) is 4. The van der Waals surface area contributed by atoms with Crippen molar-refractivity contribution in [2.75, 3.05) is 24.3 Å². The van der Waals surface area contributed by atoms with Crippen LogP contribution in [0, 0.1) is 0 Å². The van der Waals surface area contributed by atoms with Crippen molar-refractivity contribution in [3.63, 3.8) is 0 Å². The Morgan fingerprint density at radius 3 is 2.76 bits per heavy atom. The maximum absolute atomic E-state index is 12.5. The SMILES string of the molecule is CN(C)c1ccc(Cl)cc1NC(=O)Cn1ncc(=O)c2ccccc21. The zero-order chi connectivity index (χ0) is 18.0. The quantitative estimate of drug-likeness (QED) is 0.780. The van der Waals surface area contributed by atoms with E-state index in [-0.39, 0.29) is 17.9 Å². The van der Waals surface area contributed by atoms with Crippen molar-refractivity contribution < 1.29 is 4.79 Å². The maximum atomic E-state index is 12.5. The molecule has 0 saturated carbocycles. The van der Waals surface area contributed by atoms with E-state index in [9.17, 15) is 9.59 Å². The standard InChI is InChI=1S/C18H17ClN4O2/c1-22(2)16-8-7-12(19)9-14(16)21-18(25)11-23-15-6-4-3-5-13(15)17(24)10-20-23/h3-10H,11H2,1-2H3,(H,21,25). The van der Waals surface area contributed by atoms with Crippen LogP contribution in [0.1, 0.15) is 0 Å². The number of amides is 1. The number of benzene rings is 2. The molecule has 0 aliphatic carbocycles. The minimum absolute atomic E-state index is 0.0137. The van der Waals surface area contributed by atoms with Gasteiger partial charge in [-0.05, 0) is 30.3 Å². The highest BCUT2D eigenvalue weighted by molar-refractivity contribution is 6.31. The number of nitrogens with one attached hydrogen (secondary N) is 1. The summed E-state index contributed by atoms with van der Waals surface area (Å²) in [6.45, 7) is -0.0137. The molecule has 25 heavy (non-hydrogen) atoms. The van der Waals surface area contributed by atoms with E-state index in [1.165, 1.54) is 10.9 Å². The lowest BCUT2D eigenvalue weighted by Gasteiger charge is -2.18. The molecule has 0 atom stereocenters. The third kappa shape index (κ3) is 3.64. The first-order valence-corrected chi connectivity index (χ1v) is 8.05. The van der Waals surface area contributed by atoms with Crippen LogP contribution in [0.3, 0.4) is 0 Å². The van der Waals surface area contributed by atoms with Crippen LogP contribution in [-0.2, 0) is 11.3 Å². The molecule has 2 aromatic carbocycles. The van der Waals surface area contributed by atoms with Crippen LogP contribution in [0.15, 0.2) is 53.5 Å². The second kappa shape index (κ2) is 6.94. The van der Waals surface area contributed by atoms with E-state index in [0.717, 1.165) is 5.69 Å². The molecule has 0 bridgehead atoms. The van der Waals surface area contributed by atoms with Crippen molar-refractivity contribution in [1.29, 1.82) is 0 Å². The average molecular weight is 357 g/mol. The molecule has 1 N–H and O–H groups in total. The molecular formula is C18H17ClN4O2. The summed E-state index contributed by atoms with van der Waals surface area (Å²) in [5.74, 6) is -0.258. The highest BCUT2D eigenvalue weighted by Crippen LogP contribution is 2.27. The summed E-state index contributed by atoms with van der Waals surface area (Å²) < 4.78 is 1.51. The Kier molecular flexibility index (Phi) is 4.72. The van der Waals surface area contributed by atoms with Crippen LogP contribution in [-0.4, -0.2) is 29.8 Å². The van der Waals surface area contributed by atoms with Crippen LogP contribution in [0.4, 0.5) is 11.4 Å². The fourth-order valence-electron chi connectivity index (χ4n) is 2.61. The number of para-hydroxylation sites is 1. The van der Waals surface area contributed by atoms with Crippen LogP contribution >= 0.6 is 11.6 Å². The summed E-state index contributed by atoms with van der Waals surface area (Å²) in [7, 11) is 3.77. The fourth-order valence-corrected chi connectivity index (χ4v) is 2.78. The molecule has 1 aromatic heterocycles. The molecule has 0 radical (unpaired) electrons. The van der Waals surface area contributed by atoms with Gasteiger partial charge in [0.1, 0.15) is 6.54 Å². The van der Waals surface area contributed by atoms with Gasteiger partial charge in [0, 0.05) is 24.5 Å². The van der Waals surface area contributed by atoms with Crippen molar-refractivity contribution >= 4 is 39.8 Å². The van der Waals surface area contributed by atoms with Crippen molar-refractivity contribution in [3.8, 4) is 0 Å². The molecule has 1 amide bonds. The lowest BCUT2D eigenvalue weighted by molar-refractivity contribution is -0.116. The normalized spacial score (nSPS) is 10.7. The summed E-state index contributed by atoms with van der Waals surface area (Å²) in [6, 6.07) is 12.4. The van der Waals surface area contributed by atoms with Gasteiger partial charge < -0.3 is 10.2 Å². The lowest BCUT2D eigenvalue weighted by Crippen LogP contribution is -2.23. The Balaban J connectivity index is 1.89. The van der Waals surface area contributed by atoms with Crippen molar-refractivity contribution in [1.82, 2.24) is 9.78 Å². The minimum atomic E-state index is -0.258. The number of carbonyl (C=O) groups is 1. The van der Waals surface area contributed by atoms with Gasteiger partial charge in [-0.3, -0.25) is 14.3 Å². The number of carbonyl (C=O) groups excluding carboxylic acids is 1. The molecule has 3 rings (SSSR count). The third-order valence-corrected chi connectivity index (χ3v) is 4.00. The lowest BCUT2D eigenvalue weighted by atomic mass is 10.2. The Bertz CT molecular complexity index is 998. The molecule has 3 aromatic rings. The molecule has 0 saturated heterocycles. The fraction of sp³-hybridized carbons (Fsp3) is 0.167. The van der Waals surface area contributed by atoms with Gasteiger partial charge in [0.25, 0.3) is 0 Å². The van der Waals surface area contributed by atoms with E-state index in [4.69, 9.17) is 11.6 Å². The van der Waals surface area contributed by atoms with Crippen LogP contribution < -0.4 is 15.6 Å². The molecule has 7 heteroatoms. The molecule has 0 spiro atoms. The van der Waals surface area contributed by atoms with Crippen LogP contribution in [0.2, 0.25) is 5.02 Å². The first-order valence-electron chi connectivity index (χ1n) is 7.67. The summed E-state index contributed by atoms with van der Waals surface area (Å²) in [5.41, 5.74) is 1.91. The monoisotopic (exact) mass is 356 g/mol. The Hall–Kier alpha value is -2.86. The van der Waals surface area contributed by atoms with Gasteiger partial charge in [-0.1, -0.05) is 23.7 Å². The Morgan fingerprint density at radius 1 is 1.24 bits per heavy atom. The first-order chi connectivity index (χ1) is 12.0. The second-order valence-electron chi connectivity index (χ2n) is 5.79. The van der Waals surface area contributed by atoms with Gasteiger partial charge in [0.05, 0.1) is 23.1 Å². The number of fused-ring (bicyclic) bond motifs is 1. The van der Waals surface area contributed by atoms with Gasteiger partial charge in [-0.15, -0.1) is 0 Å². The minimum Gasteiger partial charge on any atom is -0.376 e. The molecular weight excluding hydrogens is 340 g/mol.